The molecule has 0 saturated carbocycles. The third kappa shape index (κ3) is 1.94. The number of hydrogen-bond acceptors (Lipinski definition) is 2. The lowest BCUT2D eigenvalue weighted by atomic mass is 10.1. The van der Waals surface area contributed by atoms with Crippen LogP contribution in [-0.2, 0) is 0 Å². The minimum atomic E-state index is 0.604. The molecular formula is C14H20N2. The lowest BCUT2D eigenvalue weighted by Crippen LogP contribution is -2.18. The van der Waals surface area contributed by atoms with E-state index in [1.165, 1.54) is 56.6 Å². The van der Waals surface area contributed by atoms with Gasteiger partial charge in [0.25, 0.3) is 0 Å². The molecule has 0 amide bonds. The van der Waals surface area contributed by atoms with Crippen molar-refractivity contribution in [2.45, 2.75) is 31.7 Å². The summed E-state index contributed by atoms with van der Waals surface area (Å²) in [5.74, 6) is 0. The van der Waals surface area contributed by atoms with Crippen LogP contribution in [-0.4, -0.2) is 19.6 Å². The van der Waals surface area contributed by atoms with Crippen molar-refractivity contribution >= 4 is 5.69 Å². The van der Waals surface area contributed by atoms with E-state index in [2.05, 4.69) is 34.5 Å². The SMILES string of the molecule is c1cc(N2CCCC2)ccc1C1CCCN1. The van der Waals surface area contributed by atoms with Crippen LogP contribution in [0.2, 0.25) is 0 Å². The zero-order chi connectivity index (χ0) is 10.8. The van der Waals surface area contributed by atoms with Crippen LogP contribution in [0.4, 0.5) is 5.69 Å². The zero-order valence-corrected chi connectivity index (χ0v) is 9.78. The average Bonchev–Trinajstić information content (AvgIpc) is 3.03. The van der Waals surface area contributed by atoms with Crippen molar-refractivity contribution in [3.05, 3.63) is 29.8 Å². The predicted molar refractivity (Wildman–Crippen MR) is 67.9 cm³/mol. The monoisotopic (exact) mass is 216 g/mol. The Hall–Kier alpha value is -1.02. The molecule has 86 valence electrons. The van der Waals surface area contributed by atoms with Gasteiger partial charge in [0, 0.05) is 24.8 Å². The Kier molecular flexibility index (Phi) is 2.83. The van der Waals surface area contributed by atoms with Gasteiger partial charge in [0.15, 0.2) is 0 Å². The summed E-state index contributed by atoms with van der Waals surface area (Å²) in [7, 11) is 0. The molecule has 1 aromatic carbocycles. The summed E-state index contributed by atoms with van der Waals surface area (Å²) in [5, 5.41) is 3.55. The molecule has 2 aliphatic rings. The number of anilines is 1. The normalized spacial score (nSPS) is 25.2. The zero-order valence-electron chi connectivity index (χ0n) is 9.78. The highest BCUT2D eigenvalue weighted by Gasteiger charge is 2.17. The fraction of sp³-hybridized carbons (Fsp3) is 0.571. The highest BCUT2D eigenvalue weighted by Crippen LogP contribution is 2.26. The van der Waals surface area contributed by atoms with Gasteiger partial charge in [0.1, 0.15) is 0 Å². The molecule has 2 heterocycles. The van der Waals surface area contributed by atoms with Crippen molar-refractivity contribution in [3.63, 3.8) is 0 Å². The second-order valence-corrected chi connectivity index (χ2v) is 4.93. The fourth-order valence-electron chi connectivity index (χ4n) is 2.86. The van der Waals surface area contributed by atoms with E-state index in [0.717, 1.165) is 0 Å². The third-order valence-electron chi connectivity index (χ3n) is 3.83. The first-order valence-corrected chi connectivity index (χ1v) is 6.52. The van der Waals surface area contributed by atoms with Gasteiger partial charge in [-0.05, 0) is 49.9 Å². The summed E-state index contributed by atoms with van der Waals surface area (Å²) in [6.45, 7) is 3.65. The van der Waals surface area contributed by atoms with Crippen molar-refractivity contribution in [2.24, 2.45) is 0 Å². The Morgan fingerprint density at radius 3 is 2.38 bits per heavy atom. The highest BCUT2D eigenvalue weighted by atomic mass is 15.1. The van der Waals surface area contributed by atoms with Gasteiger partial charge in [-0.25, -0.2) is 0 Å². The van der Waals surface area contributed by atoms with Crippen LogP contribution < -0.4 is 10.2 Å². The van der Waals surface area contributed by atoms with Crippen molar-refractivity contribution in [2.75, 3.05) is 24.5 Å². The number of rotatable bonds is 2. The molecule has 1 unspecified atom stereocenters. The summed E-state index contributed by atoms with van der Waals surface area (Å²) in [5.41, 5.74) is 2.86. The number of benzene rings is 1. The second-order valence-electron chi connectivity index (χ2n) is 4.93. The minimum Gasteiger partial charge on any atom is -0.372 e. The summed E-state index contributed by atoms with van der Waals surface area (Å²) in [4.78, 5) is 2.49. The topological polar surface area (TPSA) is 15.3 Å². The maximum atomic E-state index is 3.55. The first-order chi connectivity index (χ1) is 7.93. The summed E-state index contributed by atoms with van der Waals surface area (Å²) < 4.78 is 0. The quantitative estimate of drug-likeness (QED) is 0.817. The van der Waals surface area contributed by atoms with Crippen LogP contribution in [0.5, 0.6) is 0 Å². The van der Waals surface area contributed by atoms with Gasteiger partial charge in [0.2, 0.25) is 0 Å². The molecule has 2 saturated heterocycles. The predicted octanol–water partition coefficient (Wildman–Crippen LogP) is 2.71. The third-order valence-corrected chi connectivity index (χ3v) is 3.83. The molecule has 0 radical (unpaired) electrons. The standard InChI is InChI=1S/C14H20N2/c1-2-11-16(10-1)13-7-5-12(6-8-13)14-4-3-9-15-14/h5-8,14-15H,1-4,9-11H2. The van der Waals surface area contributed by atoms with E-state index >= 15 is 0 Å². The first kappa shape index (κ1) is 10.2. The van der Waals surface area contributed by atoms with Gasteiger partial charge in [-0.15, -0.1) is 0 Å². The molecule has 1 aromatic rings. The van der Waals surface area contributed by atoms with Crippen molar-refractivity contribution in [1.82, 2.24) is 5.32 Å². The smallest absolute Gasteiger partial charge is 0.0366 e. The lowest BCUT2D eigenvalue weighted by molar-refractivity contribution is 0.648. The molecule has 0 bridgehead atoms. The molecule has 2 aliphatic heterocycles. The number of nitrogens with zero attached hydrogens (tertiary/aromatic N) is 1. The van der Waals surface area contributed by atoms with Gasteiger partial charge in [-0.1, -0.05) is 12.1 Å². The average molecular weight is 216 g/mol. The number of nitrogens with one attached hydrogen (secondary N) is 1. The van der Waals surface area contributed by atoms with Gasteiger partial charge in [0.05, 0.1) is 0 Å². The Bertz CT molecular complexity index is 297. The molecule has 1 atom stereocenters. The minimum absolute atomic E-state index is 0.604. The van der Waals surface area contributed by atoms with Crippen molar-refractivity contribution in [3.8, 4) is 0 Å². The van der Waals surface area contributed by atoms with E-state index in [0.29, 0.717) is 6.04 Å². The van der Waals surface area contributed by atoms with Crippen molar-refractivity contribution < 1.29 is 0 Å². The molecule has 2 nitrogen and oxygen atoms in total. The van der Waals surface area contributed by atoms with Gasteiger partial charge < -0.3 is 10.2 Å². The molecule has 2 fully saturated rings. The molecular weight excluding hydrogens is 196 g/mol. The Morgan fingerprint density at radius 1 is 1.00 bits per heavy atom. The van der Waals surface area contributed by atoms with Crippen LogP contribution in [0.3, 0.4) is 0 Å². The van der Waals surface area contributed by atoms with Gasteiger partial charge in [-0.3, -0.25) is 0 Å². The molecule has 0 aromatic heterocycles. The lowest BCUT2D eigenvalue weighted by Gasteiger charge is -2.19. The van der Waals surface area contributed by atoms with E-state index in [1.54, 1.807) is 0 Å². The largest absolute Gasteiger partial charge is 0.372 e. The first-order valence-electron chi connectivity index (χ1n) is 6.52. The second kappa shape index (κ2) is 4.46. The summed E-state index contributed by atoms with van der Waals surface area (Å²) >= 11 is 0. The van der Waals surface area contributed by atoms with Crippen LogP contribution in [0.1, 0.15) is 37.3 Å². The van der Waals surface area contributed by atoms with Crippen LogP contribution in [0.25, 0.3) is 0 Å². The van der Waals surface area contributed by atoms with Crippen LogP contribution >= 0.6 is 0 Å². The Balaban J connectivity index is 1.73. The highest BCUT2D eigenvalue weighted by molar-refractivity contribution is 5.48. The summed E-state index contributed by atoms with van der Waals surface area (Å²) in [6, 6.07) is 9.79. The molecule has 2 heteroatoms. The molecule has 1 N–H and O–H groups in total. The maximum Gasteiger partial charge on any atom is 0.0366 e. The van der Waals surface area contributed by atoms with E-state index in [-0.39, 0.29) is 0 Å². The van der Waals surface area contributed by atoms with Crippen molar-refractivity contribution in [1.29, 1.82) is 0 Å². The molecule has 0 aliphatic carbocycles. The van der Waals surface area contributed by atoms with Crippen LogP contribution in [0.15, 0.2) is 24.3 Å². The fourth-order valence-corrected chi connectivity index (χ4v) is 2.86. The van der Waals surface area contributed by atoms with E-state index in [1.807, 2.05) is 0 Å². The Morgan fingerprint density at radius 2 is 1.75 bits per heavy atom. The molecule has 0 spiro atoms. The van der Waals surface area contributed by atoms with Gasteiger partial charge >= 0.3 is 0 Å². The molecule has 16 heavy (non-hydrogen) atoms. The maximum absolute atomic E-state index is 3.55. The van der Waals surface area contributed by atoms with Crippen LogP contribution in [0, 0.1) is 0 Å². The Labute approximate surface area is 97.6 Å². The van der Waals surface area contributed by atoms with E-state index < -0.39 is 0 Å². The van der Waals surface area contributed by atoms with Gasteiger partial charge in [-0.2, -0.15) is 0 Å². The summed E-state index contributed by atoms with van der Waals surface area (Å²) in [6.07, 6.45) is 5.32. The number of hydrogen-bond donors (Lipinski definition) is 1. The van der Waals surface area contributed by atoms with E-state index in [9.17, 15) is 0 Å². The molecule has 3 rings (SSSR count). The van der Waals surface area contributed by atoms with E-state index in [4.69, 9.17) is 0 Å².